The first-order valence-corrected chi connectivity index (χ1v) is 8.24. The number of carbonyl (C=O) groups excluding carboxylic acids is 1. The number of piperidine rings is 1. The zero-order chi connectivity index (χ0) is 15.7. The van der Waals surface area contributed by atoms with Crippen molar-refractivity contribution in [1.82, 2.24) is 5.32 Å². The van der Waals surface area contributed by atoms with Crippen molar-refractivity contribution in [3.63, 3.8) is 0 Å². The molecule has 0 saturated carbocycles. The summed E-state index contributed by atoms with van der Waals surface area (Å²) in [4.78, 5) is 15.2. The van der Waals surface area contributed by atoms with Gasteiger partial charge in [0.05, 0.1) is 5.69 Å². The number of rotatable bonds is 3. The fourth-order valence-electron chi connectivity index (χ4n) is 3.52. The maximum absolute atomic E-state index is 13.2. The van der Waals surface area contributed by atoms with E-state index in [1.807, 2.05) is 36.9 Å². The number of nitrogens with two attached hydrogens (primary N) is 1. The summed E-state index contributed by atoms with van der Waals surface area (Å²) >= 11 is 0. The van der Waals surface area contributed by atoms with Crippen LogP contribution in [0.1, 0.15) is 39.5 Å². The molecule has 3 N–H and O–H groups in total. The Bertz CT molecular complexity index is 563. The molecule has 0 aliphatic carbocycles. The summed E-state index contributed by atoms with van der Waals surface area (Å²) in [5.74, 6) is 0.860. The van der Waals surface area contributed by atoms with E-state index in [0.717, 1.165) is 37.4 Å². The molecule has 1 aromatic rings. The molecule has 2 heterocycles. The molecule has 1 aromatic carbocycles. The van der Waals surface area contributed by atoms with Crippen molar-refractivity contribution in [3.8, 4) is 5.75 Å². The van der Waals surface area contributed by atoms with E-state index in [2.05, 4.69) is 5.32 Å². The van der Waals surface area contributed by atoms with Crippen LogP contribution in [0, 0.1) is 0 Å². The number of hydrogen-bond donors (Lipinski definition) is 2. The second-order valence-corrected chi connectivity index (χ2v) is 6.19. The number of anilines is 2. The molecule has 0 unspecified atom stereocenters. The molecule has 2 aliphatic heterocycles. The van der Waals surface area contributed by atoms with Crippen LogP contribution >= 0.6 is 0 Å². The molecule has 0 aromatic heterocycles. The van der Waals surface area contributed by atoms with Gasteiger partial charge in [0.2, 0.25) is 0 Å². The summed E-state index contributed by atoms with van der Waals surface area (Å²) in [5.41, 5.74) is 6.69. The van der Waals surface area contributed by atoms with Gasteiger partial charge in [-0.05, 0) is 57.0 Å². The Morgan fingerprint density at radius 1 is 1.32 bits per heavy atom. The highest BCUT2D eigenvalue weighted by Crippen LogP contribution is 2.43. The number of nitrogens with one attached hydrogen (secondary N) is 1. The summed E-state index contributed by atoms with van der Waals surface area (Å²) in [6.07, 6.45) is 3.27. The van der Waals surface area contributed by atoms with Gasteiger partial charge in [-0.2, -0.15) is 0 Å². The molecule has 0 bridgehead atoms. The normalized spacial score (nSPS) is 21.4. The van der Waals surface area contributed by atoms with Gasteiger partial charge in [0.25, 0.3) is 5.91 Å². The Morgan fingerprint density at radius 2 is 2.00 bits per heavy atom. The second-order valence-electron chi connectivity index (χ2n) is 6.19. The predicted octanol–water partition coefficient (Wildman–Crippen LogP) is 2.31. The minimum absolute atomic E-state index is 0.0856. The Morgan fingerprint density at radius 3 is 2.64 bits per heavy atom. The smallest absolute Gasteiger partial charge is 0.271 e. The number of fused-ring (bicyclic) bond motifs is 1. The first kappa shape index (κ1) is 15.2. The van der Waals surface area contributed by atoms with Crippen molar-refractivity contribution in [2.75, 3.05) is 23.7 Å². The third kappa shape index (κ3) is 2.33. The van der Waals surface area contributed by atoms with Crippen LogP contribution in [0.2, 0.25) is 0 Å². The topological polar surface area (TPSA) is 67.6 Å². The highest BCUT2D eigenvalue weighted by atomic mass is 16.5. The second kappa shape index (κ2) is 5.80. The average molecular weight is 303 g/mol. The minimum Gasteiger partial charge on any atom is -0.475 e. The Labute approximate surface area is 131 Å². The van der Waals surface area contributed by atoms with E-state index < -0.39 is 5.60 Å². The maximum atomic E-state index is 13.2. The summed E-state index contributed by atoms with van der Waals surface area (Å²) in [5, 5.41) is 3.36. The van der Waals surface area contributed by atoms with Gasteiger partial charge < -0.3 is 20.7 Å². The van der Waals surface area contributed by atoms with E-state index in [9.17, 15) is 4.79 Å². The Balaban J connectivity index is 2.08. The summed E-state index contributed by atoms with van der Waals surface area (Å²) < 4.78 is 6.14. The summed E-state index contributed by atoms with van der Waals surface area (Å²) in [6.45, 7) is 5.92. The van der Waals surface area contributed by atoms with Crippen LogP contribution in [-0.2, 0) is 4.79 Å². The van der Waals surface area contributed by atoms with Gasteiger partial charge in [-0.3, -0.25) is 4.79 Å². The van der Waals surface area contributed by atoms with E-state index in [0.29, 0.717) is 18.5 Å². The van der Waals surface area contributed by atoms with Crippen molar-refractivity contribution in [2.45, 2.75) is 51.2 Å². The highest BCUT2D eigenvalue weighted by molar-refractivity contribution is 6.03. The number of nitrogens with zero attached hydrogens (tertiary/aromatic N) is 1. The molecule has 2 aliphatic rings. The molecule has 5 nitrogen and oxygen atoms in total. The predicted molar refractivity (Wildman–Crippen MR) is 88.2 cm³/mol. The minimum atomic E-state index is -0.742. The van der Waals surface area contributed by atoms with Gasteiger partial charge in [0.1, 0.15) is 5.75 Å². The maximum Gasteiger partial charge on any atom is 0.271 e. The number of hydrogen-bond acceptors (Lipinski definition) is 4. The van der Waals surface area contributed by atoms with Crippen LogP contribution in [0.3, 0.4) is 0 Å². The van der Waals surface area contributed by atoms with Crippen LogP contribution in [-0.4, -0.2) is 30.6 Å². The number of ether oxygens (including phenoxy) is 1. The van der Waals surface area contributed by atoms with E-state index >= 15 is 0 Å². The quantitative estimate of drug-likeness (QED) is 0.841. The van der Waals surface area contributed by atoms with Gasteiger partial charge in [-0.25, -0.2) is 0 Å². The molecular weight excluding hydrogens is 278 g/mol. The first-order valence-electron chi connectivity index (χ1n) is 8.24. The zero-order valence-corrected chi connectivity index (χ0v) is 13.4. The molecule has 3 rings (SSSR count). The lowest BCUT2D eigenvalue weighted by molar-refractivity contribution is -0.137. The average Bonchev–Trinajstić information content (AvgIpc) is 2.55. The molecule has 22 heavy (non-hydrogen) atoms. The summed E-state index contributed by atoms with van der Waals surface area (Å²) in [7, 11) is 0. The van der Waals surface area contributed by atoms with Gasteiger partial charge in [0, 0.05) is 11.7 Å². The van der Waals surface area contributed by atoms with Crippen LogP contribution in [0.25, 0.3) is 0 Å². The largest absolute Gasteiger partial charge is 0.475 e. The molecule has 0 radical (unpaired) electrons. The van der Waals surface area contributed by atoms with Crippen LogP contribution < -0.4 is 20.7 Å². The van der Waals surface area contributed by atoms with E-state index in [1.54, 1.807) is 0 Å². The van der Waals surface area contributed by atoms with Crippen molar-refractivity contribution in [2.24, 2.45) is 0 Å². The van der Waals surface area contributed by atoms with Gasteiger partial charge >= 0.3 is 0 Å². The van der Waals surface area contributed by atoms with E-state index in [-0.39, 0.29) is 11.9 Å². The molecule has 0 atom stereocenters. The lowest BCUT2D eigenvalue weighted by Crippen LogP contribution is -2.59. The van der Waals surface area contributed by atoms with Crippen molar-refractivity contribution in [1.29, 1.82) is 0 Å². The van der Waals surface area contributed by atoms with Crippen LogP contribution in [0.15, 0.2) is 18.2 Å². The molecular formula is C17H25N3O2. The lowest BCUT2D eigenvalue weighted by atomic mass is 9.90. The standard InChI is InChI=1S/C17H25N3O2/c1-3-17(4-2)16(21)20(13-7-9-19-10-8-13)14-11-12(18)5-6-15(14)22-17/h5-6,11,13,19H,3-4,7-10,18H2,1-2H3. The monoisotopic (exact) mass is 303 g/mol. The number of amides is 1. The lowest BCUT2D eigenvalue weighted by Gasteiger charge is -2.46. The number of carbonyl (C=O) groups is 1. The molecule has 5 heteroatoms. The first-order chi connectivity index (χ1) is 10.6. The van der Waals surface area contributed by atoms with Crippen LogP contribution in [0.4, 0.5) is 11.4 Å². The fourth-order valence-corrected chi connectivity index (χ4v) is 3.52. The van der Waals surface area contributed by atoms with E-state index in [1.165, 1.54) is 0 Å². The zero-order valence-electron chi connectivity index (χ0n) is 13.4. The molecule has 0 spiro atoms. The van der Waals surface area contributed by atoms with Gasteiger partial charge in [-0.15, -0.1) is 0 Å². The van der Waals surface area contributed by atoms with Crippen molar-refractivity contribution < 1.29 is 9.53 Å². The third-order valence-corrected chi connectivity index (χ3v) is 4.97. The van der Waals surface area contributed by atoms with Gasteiger partial charge in [0.15, 0.2) is 5.60 Å². The van der Waals surface area contributed by atoms with Gasteiger partial charge in [-0.1, -0.05) is 13.8 Å². The number of benzene rings is 1. The highest BCUT2D eigenvalue weighted by Gasteiger charge is 2.47. The third-order valence-electron chi connectivity index (χ3n) is 4.97. The SMILES string of the molecule is CCC1(CC)Oc2ccc(N)cc2N(C2CCNCC2)C1=O. The van der Waals surface area contributed by atoms with E-state index in [4.69, 9.17) is 10.5 Å². The molecule has 120 valence electrons. The van der Waals surface area contributed by atoms with Crippen molar-refractivity contribution in [3.05, 3.63) is 18.2 Å². The summed E-state index contributed by atoms with van der Waals surface area (Å²) in [6, 6.07) is 5.82. The Kier molecular flexibility index (Phi) is 4.00. The Hall–Kier alpha value is -1.75. The molecule has 1 amide bonds. The number of nitrogen functional groups attached to an aromatic ring is 1. The molecule has 1 fully saturated rings. The fraction of sp³-hybridized carbons (Fsp3) is 0.588. The van der Waals surface area contributed by atoms with Crippen molar-refractivity contribution >= 4 is 17.3 Å². The van der Waals surface area contributed by atoms with Crippen LogP contribution in [0.5, 0.6) is 5.75 Å². The molecule has 1 saturated heterocycles.